The molecular weight excluding hydrogens is 248 g/mol. The van der Waals surface area contributed by atoms with Crippen LogP contribution in [0.15, 0.2) is 30.3 Å². The third-order valence-electron chi connectivity index (χ3n) is 4.35. The van der Waals surface area contributed by atoms with Gasteiger partial charge in [-0.05, 0) is 43.9 Å². The summed E-state index contributed by atoms with van der Waals surface area (Å²) in [5.74, 6) is 0.270. The number of aryl methyl sites for hydroxylation is 3. The Morgan fingerprint density at radius 1 is 1.40 bits per heavy atom. The first-order chi connectivity index (χ1) is 9.69. The lowest BCUT2D eigenvalue weighted by Crippen LogP contribution is -2.21. The van der Waals surface area contributed by atoms with Crippen molar-refractivity contribution in [2.75, 3.05) is 0 Å². The summed E-state index contributed by atoms with van der Waals surface area (Å²) in [6, 6.07) is 10.6. The molecule has 0 aliphatic heterocycles. The zero-order chi connectivity index (χ0) is 14.1. The van der Waals surface area contributed by atoms with E-state index in [1.54, 1.807) is 0 Å². The normalized spacial score (nSPS) is 19.1. The fourth-order valence-corrected chi connectivity index (χ4v) is 3.38. The molecule has 1 aliphatic carbocycles. The lowest BCUT2D eigenvalue weighted by molar-refractivity contribution is 0.140. The van der Waals surface area contributed by atoms with Gasteiger partial charge in [-0.25, -0.2) is 0 Å². The molecular formula is C17H22N2O. The second kappa shape index (κ2) is 5.41. The highest BCUT2D eigenvalue weighted by molar-refractivity contribution is 5.36. The number of rotatable bonds is 4. The minimum Gasteiger partial charge on any atom is -0.392 e. The fourth-order valence-electron chi connectivity index (χ4n) is 3.38. The number of aliphatic hydroxyl groups is 1. The number of hydrogen-bond donors (Lipinski definition) is 1. The van der Waals surface area contributed by atoms with Crippen LogP contribution in [-0.2, 0) is 19.4 Å². The topological polar surface area (TPSA) is 38.0 Å². The van der Waals surface area contributed by atoms with Gasteiger partial charge in [0, 0.05) is 24.6 Å². The summed E-state index contributed by atoms with van der Waals surface area (Å²) < 4.78 is 2.00. The van der Waals surface area contributed by atoms with Crippen molar-refractivity contribution in [3.05, 3.63) is 52.8 Å². The summed E-state index contributed by atoms with van der Waals surface area (Å²) in [4.78, 5) is 0. The average Bonchev–Trinajstić information content (AvgIpc) is 3.02. The number of nitrogens with zero attached hydrogens (tertiary/aromatic N) is 2. The van der Waals surface area contributed by atoms with Gasteiger partial charge in [0.15, 0.2) is 0 Å². The Bertz CT molecular complexity index is 603. The van der Waals surface area contributed by atoms with Crippen LogP contribution in [-0.4, -0.2) is 21.0 Å². The van der Waals surface area contributed by atoms with Crippen LogP contribution < -0.4 is 0 Å². The molecule has 0 spiro atoms. The fraction of sp³-hybridized carbons (Fsp3) is 0.471. The molecule has 2 atom stereocenters. The van der Waals surface area contributed by atoms with E-state index in [-0.39, 0.29) is 12.0 Å². The Morgan fingerprint density at radius 2 is 2.20 bits per heavy atom. The number of aliphatic hydroxyl groups excluding tert-OH is 1. The van der Waals surface area contributed by atoms with E-state index in [1.165, 1.54) is 11.1 Å². The summed E-state index contributed by atoms with van der Waals surface area (Å²) in [7, 11) is 0. The molecule has 0 saturated heterocycles. The minimum atomic E-state index is -0.319. The molecule has 1 heterocycles. The van der Waals surface area contributed by atoms with Crippen LogP contribution in [0.3, 0.4) is 0 Å². The van der Waals surface area contributed by atoms with Crippen molar-refractivity contribution in [2.45, 2.75) is 51.7 Å². The molecule has 1 N–H and O–H groups in total. The van der Waals surface area contributed by atoms with E-state index in [2.05, 4.69) is 42.4 Å². The molecule has 1 aliphatic rings. The van der Waals surface area contributed by atoms with Crippen LogP contribution in [0.2, 0.25) is 0 Å². The van der Waals surface area contributed by atoms with E-state index in [0.717, 1.165) is 30.8 Å². The van der Waals surface area contributed by atoms with E-state index in [0.29, 0.717) is 6.42 Å². The van der Waals surface area contributed by atoms with E-state index >= 15 is 0 Å². The van der Waals surface area contributed by atoms with Gasteiger partial charge in [0.25, 0.3) is 0 Å². The van der Waals surface area contributed by atoms with E-state index in [1.807, 2.05) is 11.6 Å². The van der Waals surface area contributed by atoms with Crippen LogP contribution in [0.25, 0.3) is 0 Å². The molecule has 1 aromatic heterocycles. The molecule has 0 fully saturated rings. The Hall–Kier alpha value is -1.61. The summed E-state index contributed by atoms with van der Waals surface area (Å²) in [6.07, 6.45) is 2.51. The number of aromatic nitrogens is 2. The average molecular weight is 270 g/mol. The summed E-state index contributed by atoms with van der Waals surface area (Å²) in [5, 5.41) is 15.1. The molecule has 1 aromatic carbocycles. The SMILES string of the molecule is CCn1nc(C)cc1CC(O)C1CCc2ccccc21. The van der Waals surface area contributed by atoms with Gasteiger partial charge in [-0.2, -0.15) is 5.10 Å². The van der Waals surface area contributed by atoms with E-state index in [9.17, 15) is 5.11 Å². The van der Waals surface area contributed by atoms with Crippen LogP contribution in [0, 0.1) is 6.92 Å². The van der Waals surface area contributed by atoms with Gasteiger partial charge in [0.05, 0.1) is 11.8 Å². The Kier molecular flexibility index (Phi) is 3.62. The lowest BCUT2D eigenvalue weighted by atomic mass is 9.92. The van der Waals surface area contributed by atoms with Gasteiger partial charge in [0.1, 0.15) is 0 Å². The molecule has 0 radical (unpaired) electrons. The number of benzene rings is 1. The monoisotopic (exact) mass is 270 g/mol. The smallest absolute Gasteiger partial charge is 0.0664 e. The first kappa shape index (κ1) is 13.4. The highest BCUT2D eigenvalue weighted by Crippen LogP contribution is 2.36. The second-order valence-corrected chi connectivity index (χ2v) is 5.71. The standard InChI is InChI=1S/C17H22N2O/c1-3-19-14(10-12(2)18-19)11-17(20)16-9-8-13-6-4-5-7-15(13)16/h4-7,10,16-17,20H,3,8-9,11H2,1-2H3. The molecule has 20 heavy (non-hydrogen) atoms. The second-order valence-electron chi connectivity index (χ2n) is 5.71. The van der Waals surface area contributed by atoms with Crippen molar-refractivity contribution in [3.63, 3.8) is 0 Å². The van der Waals surface area contributed by atoms with Crippen molar-refractivity contribution in [1.29, 1.82) is 0 Å². The molecule has 0 amide bonds. The maximum absolute atomic E-state index is 10.6. The zero-order valence-corrected chi connectivity index (χ0v) is 12.2. The highest BCUT2D eigenvalue weighted by Gasteiger charge is 2.29. The lowest BCUT2D eigenvalue weighted by Gasteiger charge is -2.19. The van der Waals surface area contributed by atoms with E-state index in [4.69, 9.17) is 0 Å². The van der Waals surface area contributed by atoms with Gasteiger partial charge in [0.2, 0.25) is 0 Å². The van der Waals surface area contributed by atoms with Crippen LogP contribution in [0.4, 0.5) is 0 Å². The van der Waals surface area contributed by atoms with Gasteiger partial charge in [-0.1, -0.05) is 24.3 Å². The van der Waals surface area contributed by atoms with Crippen LogP contribution in [0.1, 0.15) is 41.8 Å². The quantitative estimate of drug-likeness (QED) is 0.927. The summed E-state index contributed by atoms with van der Waals surface area (Å²) in [5.41, 5.74) is 4.90. The highest BCUT2D eigenvalue weighted by atomic mass is 16.3. The third-order valence-corrected chi connectivity index (χ3v) is 4.35. The Balaban J connectivity index is 1.79. The Morgan fingerprint density at radius 3 is 3.00 bits per heavy atom. The predicted molar refractivity (Wildman–Crippen MR) is 79.9 cm³/mol. The molecule has 3 nitrogen and oxygen atoms in total. The van der Waals surface area contributed by atoms with Crippen molar-refractivity contribution in [3.8, 4) is 0 Å². The predicted octanol–water partition coefficient (Wildman–Crippen LogP) is 2.84. The molecule has 3 rings (SSSR count). The molecule has 2 aromatic rings. The van der Waals surface area contributed by atoms with Crippen LogP contribution in [0.5, 0.6) is 0 Å². The van der Waals surface area contributed by atoms with Gasteiger partial charge < -0.3 is 5.11 Å². The zero-order valence-electron chi connectivity index (χ0n) is 12.2. The molecule has 3 heteroatoms. The van der Waals surface area contributed by atoms with Gasteiger partial charge in [-0.15, -0.1) is 0 Å². The molecule has 0 saturated carbocycles. The number of hydrogen-bond acceptors (Lipinski definition) is 2. The maximum atomic E-state index is 10.6. The first-order valence-electron chi connectivity index (χ1n) is 7.48. The Labute approximate surface area is 120 Å². The van der Waals surface area contributed by atoms with Crippen molar-refractivity contribution in [2.24, 2.45) is 0 Å². The van der Waals surface area contributed by atoms with Crippen molar-refractivity contribution in [1.82, 2.24) is 9.78 Å². The number of fused-ring (bicyclic) bond motifs is 1. The van der Waals surface area contributed by atoms with E-state index < -0.39 is 0 Å². The van der Waals surface area contributed by atoms with Crippen LogP contribution >= 0.6 is 0 Å². The van der Waals surface area contributed by atoms with Crippen molar-refractivity contribution >= 4 is 0 Å². The molecule has 106 valence electrons. The van der Waals surface area contributed by atoms with Gasteiger partial charge in [-0.3, -0.25) is 4.68 Å². The van der Waals surface area contributed by atoms with Gasteiger partial charge >= 0.3 is 0 Å². The minimum absolute atomic E-state index is 0.270. The maximum Gasteiger partial charge on any atom is 0.0664 e. The third kappa shape index (κ3) is 2.38. The molecule has 0 bridgehead atoms. The van der Waals surface area contributed by atoms with Crippen molar-refractivity contribution < 1.29 is 5.11 Å². The molecule has 2 unspecified atom stereocenters. The summed E-state index contributed by atoms with van der Waals surface area (Å²) in [6.45, 7) is 4.96. The summed E-state index contributed by atoms with van der Waals surface area (Å²) >= 11 is 0. The first-order valence-corrected chi connectivity index (χ1v) is 7.48. The largest absolute Gasteiger partial charge is 0.392 e.